The van der Waals surface area contributed by atoms with E-state index in [2.05, 4.69) is 49.4 Å². The third-order valence-corrected chi connectivity index (χ3v) is 6.07. The van der Waals surface area contributed by atoms with E-state index in [1.165, 1.54) is 98.5 Å². The number of fused-ring (bicyclic) bond motifs is 1. The van der Waals surface area contributed by atoms with Gasteiger partial charge in [-0.25, -0.2) is 0 Å². The molecule has 2 aromatic carbocycles. The Morgan fingerprint density at radius 1 is 0.600 bits per heavy atom. The number of unbranched alkanes of at least 4 members (excludes halogenated alkanes) is 11. The standard InChI is InChI=1S/C24H36S/c1-2-3-4-5-6-7-8-9-10-11-12-15-20-25-24-19-18-22-16-13-14-17-23(22)21-24/h13-14,16-19,21H,2-12,15,20H2,1H3. The van der Waals surface area contributed by atoms with E-state index in [1.54, 1.807) is 0 Å². The van der Waals surface area contributed by atoms with Crippen LogP contribution in [-0.4, -0.2) is 5.75 Å². The molecule has 0 saturated carbocycles. The van der Waals surface area contributed by atoms with Crippen molar-refractivity contribution in [1.29, 1.82) is 0 Å². The Bertz CT molecular complexity index is 575. The van der Waals surface area contributed by atoms with Crippen LogP contribution in [0.15, 0.2) is 47.4 Å². The lowest BCUT2D eigenvalue weighted by Gasteiger charge is -2.05. The molecular weight excluding hydrogens is 320 g/mol. The zero-order valence-electron chi connectivity index (χ0n) is 16.1. The van der Waals surface area contributed by atoms with Crippen LogP contribution in [0.4, 0.5) is 0 Å². The molecule has 2 rings (SSSR count). The summed E-state index contributed by atoms with van der Waals surface area (Å²) in [7, 11) is 0. The van der Waals surface area contributed by atoms with Crippen LogP contribution in [0.2, 0.25) is 0 Å². The Kier molecular flexibility index (Phi) is 10.8. The van der Waals surface area contributed by atoms with Crippen LogP contribution in [0.5, 0.6) is 0 Å². The summed E-state index contributed by atoms with van der Waals surface area (Å²) in [5.41, 5.74) is 0. The lowest BCUT2D eigenvalue weighted by atomic mass is 10.1. The molecule has 0 aliphatic heterocycles. The average molecular weight is 357 g/mol. The normalized spacial score (nSPS) is 11.2. The average Bonchev–Trinajstić information content (AvgIpc) is 2.65. The molecule has 0 amide bonds. The fourth-order valence-electron chi connectivity index (χ4n) is 3.39. The third-order valence-electron chi connectivity index (χ3n) is 4.99. The van der Waals surface area contributed by atoms with Crippen molar-refractivity contribution in [3.63, 3.8) is 0 Å². The zero-order valence-corrected chi connectivity index (χ0v) is 17.0. The fourth-order valence-corrected chi connectivity index (χ4v) is 4.35. The van der Waals surface area contributed by atoms with Gasteiger partial charge in [0.15, 0.2) is 0 Å². The Morgan fingerprint density at radius 3 is 1.80 bits per heavy atom. The van der Waals surface area contributed by atoms with Crippen LogP contribution in [-0.2, 0) is 0 Å². The minimum Gasteiger partial charge on any atom is -0.126 e. The molecule has 0 spiro atoms. The van der Waals surface area contributed by atoms with Crippen molar-refractivity contribution >= 4 is 22.5 Å². The van der Waals surface area contributed by atoms with Gasteiger partial charge >= 0.3 is 0 Å². The molecule has 0 aromatic heterocycles. The Hall–Kier alpha value is -0.950. The molecule has 0 radical (unpaired) electrons. The molecule has 0 saturated heterocycles. The molecule has 0 N–H and O–H groups in total. The van der Waals surface area contributed by atoms with Gasteiger partial charge in [0.1, 0.15) is 0 Å². The second-order valence-electron chi connectivity index (χ2n) is 7.25. The molecule has 0 aliphatic carbocycles. The first-order valence-corrected chi connectivity index (χ1v) is 11.5. The highest BCUT2D eigenvalue weighted by molar-refractivity contribution is 7.99. The van der Waals surface area contributed by atoms with Crippen molar-refractivity contribution in [3.05, 3.63) is 42.5 Å². The molecule has 2 aromatic rings. The van der Waals surface area contributed by atoms with E-state index in [0.29, 0.717) is 0 Å². The molecule has 0 fully saturated rings. The summed E-state index contributed by atoms with van der Waals surface area (Å²) in [6.45, 7) is 2.29. The molecule has 1 heteroatoms. The topological polar surface area (TPSA) is 0 Å². The van der Waals surface area contributed by atoms with Gasteiger partial charge in [0.25, 0.3) is 0 Å². The van der Waals surface area contributed by atoms with Gasteiger partial charge in [-0.15, -0.1) is 11.8 Å². The first-order valence-electron chi connectivity index (χ1n) is 10.5. The van der Waals surface area contributed by atoms with Gasteiger partial charge in [-0.1, -0.05) is 108 Å². The highest BCUT2D eigenvalue weighted by Crippen LogP contribution is 2.24. The van der Waals surface area contributed by atoms with Crippen LogP contribution >= 0.6 is 11.8 Å². The summed E-state index contributed by atoms with van der Waals surface area (Å²) in [4.78, 5) is 1.42. The second-order valence-corrected chi connectivity index (χ2v) is 8.41. The van der Waals surface area contributed by atoms with Crippen molar-refractivity contribution in [2.75, 3.05) is 5.75 Å². The number of rotatable bonds is 14. The third kappa shape index (κ3) is 8.81. The highest BCUT2D eigenvalue weighted by atomic mass is 32.2. The van der Waals surface area contributed by atoms with Crippen LogP contribution < -0.4 is 0 Å². The van der Waals surface area contributed by atoms with E-state index < -0.39 is 0 Å². The molecule has 0 bridgehead atoms. The first-order chi connectivity index (χ1) is 12.4. The lowest BCUT2D eigenvalue weighted by Crippen LogP contribution is -1.84. The van der Waals surface area contributed by atoms with E-state index in [4.69, 9.17) is 0 Å². The molecule has 25 heavy (non-hydrogen) atoms. The van der Waals surface area contributed by atoms with Gasteiger partial charge in [0, 0.05) is 4.90 Å². The Balaban J connectivity index is 1.43. The van der Waals surface area contributed by atoms with Crippen LogP contribution in [0.1, 0.15) is 84.0 Å². The van der Waals surface area contributed by atoms with Crippen LogP contribution in [0.25, 0.3) is 10.8 Å². The molecule has 0 aliphatic rings. The zero-order chi connectivity index (χ0) is 17.6. The number of benzene rings is 2. The summed E-state index contributed by atoms with van der Waals surface area (Å²) in [6, 6.07) is 15.5. The van der Waals surface area contributed by atoms with Gasteiger partial charge in [-0.2, -0.15) is 0 Å². The summed E-state index contributed by atoms with van der Waals surface area (Å²) in [6.07, 6.45) is 17.1. The van der Waals surface area contributed by atoms with E-state index >= 15 is 0 Å². The van der Waals surface area contributed by atoms with E-state index in [1.807, 2.05) is 11.8 Å². The predicted octanol–water partition coefficient (Wildman–Crippen LogP) is 8.63. The minimum atomic E-state index is 1.26. The second kappa shape index (κ2) is 13.3. The maximum atomic E-state index is 2.33. The molecular formula is C24H36S. The largest absolute Gasteiger partial charge is 0.126 e. The summed E-state index contributed by atoms with van der Waals surface area (Å²) in [5.74, 6) is 1.26. The quantitative estimate of drug-likeness (QED) is 0.241. The van der Waals surface area contributed by atoms with E-state index in [-0.39, 0.29) is 0 Å². The van der Waals surface area contributed by atoms with Crippen molar-refractivity contribution in [2.45, 2.75) is 88.9 Å². The number of thioether (sulfide) groups is 1. The Morgan fingerprint density at radius 2 is 1.16 bits per heavy atom. The van der Waals surface area contributed by atoms with Crippen molar-refractivity contribution in [2.24, 2.45) is 0 Å². The van der Waals surface area contributed by atoms with Crippen molar-refractivity contribution in [1.82, 2.24) is 0 Å². The van der Waals surface area contributed by atoms with E-state index in [9.17, 15) is 0 Å². The smallest absolute Gasteiger partial charge is 0.00783 e. The van der Waals surface area contributed by atoms with Crippen molar-refractivity contribution in [3.8, 4) is 0 Å². The number of hydrogen-bond donors (Lipinski definition) is 0. The van der Waals surface area contributed by atoms with Crippen LogP contribution in [0, 0.1) is 0 Å². The van der Waals surface area contributed by atoms with Gasteiger partial charge < -0.3 is 0 Å². The molecule has 0 unspecified atom stereocenters. The van der Waals surface area contributed by atoms with Crippen molar-refractivity contribution < 1.29 is 0 Å². The summed E-state index contributed by atoms with van der Waals surface area (Å²) in [5, 5.41) is 2.71. The minimum absolute atomic E-state index is 1.26. The molecule has 0 atom stereocenters. The highest BCUT2D eigenvalue weighted by Gasteiger charge is 1.98. The first kappa shape index (κ1) is 20.4. The van der Waals surface area contributed by atoms with Crippen LogP contribution in [0.3, 0.4) is 0 Å². The summed E-state index contributed by atoms with van der Waals surface area (Å²) >= 11 is 2.02. The summed E-state index contributed by atoms with van der Waals surface area (Å²) < 4.78 is 0. The monoisotopic (exact) mass is 356 g/mol. The predicted molar refractivity (Wildman–Crippen MR) is 116 cm³/mol. The maximum absolute atomic E-state index is 2.33. The SMILES string of the molecule is CCCCCCCCCCCCCCSc1ccc2ccccc2c1. The molecule has 138 valence electrons. The Labute approximate surface area is 159 Å². The number of hydrogen-bond acceptors (Lipinski definition) is 1. The van der Waals surface area contributed by atoms with Gasteiger partial charge in [-0.05, 0) is 35.1 Å². The van der Waals surface area contributed by atoms with E-state index in [0.717, 1.165) is 0 Å². The van der Waals surface area contributed by atoms with Gasteiger partial charge in [0.05, 0.1) is 0 Å². The maximum Gasteiger partial charge on any atom is 0.00783 e. The molecule has 0 heterocycles. The van der Waals surface area contributed by atoms with Gasteiger partial charge in [0.2, 0.25) is 0 Å². The lowest BCUT2D eigenvalue weighted by molar-refractivity contribution is 0.548. The molecule has 0 nitrogen and oxygen atoms in total. The fraction of sp³-hybridized carbons (Fsp3) is 0.583. The van der Waals surface area contributed by atoms with Gasteiger partial charge in [-0.3, -0.25) is 0 Å².